The normalized spacial score (nSPS) is 25.6. The van der Waals surface area contributed by atoms with Gasteiger partial charge in [0.2, 0.25) is 0 Å². The van der Waals surface area contributed by atoms with Crippen LogP contribution in [0.2, 0.25) is 0 Å². The molecule has 0 atom stereocenters. The molecule has 1 fully saturated rings. The van der Waals surface area contributed by atoms with Gasteiger partial charge in [-0.15, -0.1) is 0 Å². The topological polar surface area (TPSA) is 21.3 Å². The first kappa shape index (κ1) is 15.4. The number of aryl methyl sites for hydroxylation is 1. The maximum Gasteiger partial charge on any atom is 0.122 e. The van der Waals surface area contributed by atoms with Crippen molar-refractivity contribution in [2.24, 2.45) is 11.8 Å². The zero-order valence-corrected chi connectivity index (χ0v) is 13.6. The average Bonchev–Trinajstić information content (AvgIpc) is 2.35. The van der Waals surface area contributed by atoms with Crippen LogP contribution in [-0.4, -0.2) is 20.2 Å². The lowest BCUT2D eigenvalue weighted by atomic mass is 9.58. The Balaban J connectivity index is 2.22. The van der Waals surface area contributed by atoms with Crippen LogP contribution in [0.3, 0.4) is 0 Å². The lowest BCUT2D eigenvalue weighted by Crippen LogP contribution is -2.48. The van der Waals surface area contributed by atoms with Crippen LogP contribution >= 0.6 is 0 Å². The lowest BCUT2D eigenvalue weighted by molar-refractivity contribution is 0.147. The van der Waals surface area contributed by atoms with Gasteiger partial charge in [-0.1, -0.05) is 38.5 Å². The summed E-state index contributed by atoms with van der Waals surface area (Å²) in [6.07, 6.45) is 2.52. The van der Waals surface area contributed by atoms with Crippen LogP contribution < -0.4 is 10.1 Å². The summed E-state index contributed by atoms with van der Waals surface area (Å²) in [5, 5.41) is 3.66. The Morgan fingerprint density at radius 1 is 1.35 bits per heavy atom. The first-order chi connectivity index (χ1) is 9.47. The molecule has 1 aliphatic carbocycles. The molecule has 0 aliphatic heterocycles. The van der Waals surface area contributed by atoms with E-state index in [-0.39, 0.29) is 5.41 Å². The Morgan fingerprint density at radius 3 is 2.60 bits per heavy atom. The van der Waals surface area contributed by atoms with Gasteiger partial charge in [-0.05, 0) is 44.2 Å². The summed E-state index contributed by atoms with van der Waals surface area (Å²) in [5.74, 6) is 2.57. The van der Waals surface area contributed by atoms with Crippen molar-refractivity contribution in [3.8, 4) is 5.75 Å². The molecule has 2 rings (SSSR count). The number of hydrogen-bond donors (Lipinski definition) is 1. The third kappa shape index (κ3) is 3.17. The standard InChI is InChI=1S/C18H29NO/c1-13(2)11-19-12-18(9-15(4)10-18)16-8-14(3)6-7-17(16)20-5/h6-8,13,15,19H,9-12H2,1-5H3. The number of methoxy groups -OCH3 is 1. The molecule has 0 spiro atoms. The van der Waals surface area contributed by atoms with E-state index in [1.165, 1.54) is 24.0 Å². The summed E-state index contributed by atoms with van der Waals surface area (Å²) in [4.78, 5) is 0. The van der Waals surface area contributed by atoms with Crippen molar-refractivity contribution < 1.29 is 4.74 Å². The van der Waals surface area contributed by atoms with Crippen molar-refractivity contribution in [3.05, 3.63) is 29.3 Å². The first-order valence-electron chi connectivity index (χ1n) is 7.82. The van der Waals surface area contributed by atoms with Crippen molar-refractivity contribution in [3.63, 3.8) is 0 Å². The minimum atomic E-state index is 0.270. The van der Waals surface area contributed by atoms with Crippen LogP contribution in [0.5, 0.6) is 5.75 Å². The summed E-state index contributed by atoms with van der Waals surface area (Å²) in [5.41, 5.74) is 2.99. The van der Waals surface area contributed by atoms with E-state index in [9.17, 15) is 0 Å². The fourth-order valence-corrected chi connectivity index (χ4v) is 3.57. The molecule has 0 amide bonds. The summed E-state index contributed by atoms with van der Waals surface area (Å²) in [6, 6.07) is 6.58. The maximum absolute atomic E-state index is 5.62. The third-order valence-corrected chi connectivity index (χ3v) is 4.42. The lowest BCUT2D eigenvalue weighted by Gasteiger charge is -2.48. The zero-order valence-electron chi connectivity index (χ0n) is 13.6. The van der Waals surface area contributed by atoms with Gasteiger partial charge >= 0.3 is 0 Å². The second-order valence-electron chi connectivity index (χ2n) is 7.02. The molecular weight excluding hydrogens is 246 g/mol. The molecule has 0 heterocycles. The predicted molar refractivity (Wildman–Crippen MR) is 85.5 cm³/mol. The van der Waals surface area contributed by atoms with Crippen LogP contribution in [0.4, 0.5) is 0 Å². The van der Waals surface area contributed by atoms with Gasteiger partial charge in [0.15, 0.2) is 0 Å². The van der Waals surface area contributed by atoms with E-state index in [0.717, 1.165) is 24.8 Å². The molecule has 0 saturated heterocycles. The molecule has 0 aromatic heterocycles. The average molecular weight is 275 g/mol. The maximum atomic E-state index is 5.62. The van der Waals surface area contributed by atoms with Gasteiger partial charge in [0, 0.05) is 17.5 Å². The Bertz CT molecular complexity index is 447. The molecule has 1 aromatic rings. The van der Waals surface area contributed by atoms with E-state index in [4.69, 9.17) is 4.74 Å². The summed E-state index contributed by atoms with van der Waals surface area (Å²) < 4.78 is 5.62. The molecule has 0 bridgehead atoms. The van der Waals surface area contributed by atoms with Gasteiger partial charge in [-0.2, -0.15) is 0 Å². The molecule has 1 aliphatic rings. The van der Waals surface area contributed by atoms with Gasteiger partial charge < -0.3 is 10.1 Å². The van der Waals surface area contributed by atoms with Crippen molar-refractivity contribution in [2.75, 3.05) is 20.2 Å². The molecule has 1 saturated carbocycles. The largest absolute Gasteiger partial charge is 0.496 e. The SMILES string of the molecule is COc1ccc(C)cc1C1(CNCC(C)C)CC(C)C1. The fourth-order valence-electron chi connectivity index (χ4n) is 3.57. The number of nitrogens with one attached hydrogen (secondary N) is 1. The summed E-state index contributed by atoms with van der Waals surface area (Å²) in [7, 11) is 1.78. The predicted octanol–water partition coefficient (Wildman–Crippen LogP) is 3.92. The molecule has 1 aromatic carbocycles. The van der Waals surface area contributed by atoms with Gasteiger partial charge in [0.1, 0.15) is 5.75 Å². The molecule has 0 unspecified atom stereocenters. The van der Waals surface area contributed by atoms with E-state index in [1.807, 2.05) is 0 Å². The fraction of sp³-hybridized carbons (Fsp3) is 0.667. The molecule has 112 valence electrons. The van der Waals surface area contributed by atoms with E-state index in [2.05, 4.69) is 51.2 Å². The smallest absolute Gasteiger partial charge is 0.122 e. The van der Waals surface area contributed by atoms with E-state index < -0.39 is 0 Å². The van der Waals surface area contributed by atoms with Gasteiger partial charge in [0.05, 0.1) is 7.11 Å². The van der Waals surface area contributed by atoms with Crippen molar-refractivity contribution in [2.45, 2.75) is 46.0 Å². The summed E-state index contributed by atoms with van der Waals surface area (Å²) in [6.45, 7) is 11.2. The van der Waals surface area contributed by atoms with Crippen LogP contribution in [-0.2, 0) is 5.41 Å². The molecule has 2 nitrogen and oxygen atoms in total. The Hall–Kier alpha value is -1.02. The number of rotatable bonds is 6. The van der Waals surface area contributed by atoms with Crippen LogP contribution in [0, 0.1) is 18.8 Å². The summed E-state index contributed by atoms with van der Waals surface area (Å²) >= 11 is 0. The molecule has 20 heavy (non-hydrogen) atoms. The number of benzene rings is 1. The monoisotopic (exact) mass is 275 g/mol. The highest BCUT2D eigenvalue weighted by atomic mass is 16.5. The van der Waals surface area contributed by atoms with E-state index in [0.29, 0.717) is 5.92 Å². The Labute approximate surface area is 123 Å². The quantitative estimate of drug-likeness (QED) is 0.849. The molecule has 0 radical (unpaired) electrons. The minimum absolute atomic E-state index is 0.270. The van der Waals surface area contributed by atoms with E-state index >= 15 is 0 Å². The van der Waals surface area contributed by atoms with Crippen molar-refractivity contribution in [1.82, 2.24) is 5.32 Å². The van der Waals surface area contributed by atoms with Gasteiger partial charge in [-0.3, -0.25) is 0 Å². The van der Waals surface area contributed by atoms with Crippen LogP contribution in [0.1, 0.15) is 44.7 Å². The van der Waals surface area contributed by atoms with Crippen LogP contribution in [0.25, 0.3) is 0 Å². The molecular formula is C18H29NO. The first-order valence-corrected chi connectivity index (χ1v) is 7.82. The second kappa shape index (κ2) is 6.17. The highest BCUT2D eigenvalue weighted by molar-refractivity contribution is 5.44. The molecule has 1 N–H and O–H groups in total. The van der Waals surface area contributed by atoms with Gasteiger partial charge in [-0.25, -0.2) is 0 Å². The minimum Gasteiger partial charge on any atom is -0.496 e. The number of hydrogen-bond acceptors (Lipinski definition) is 2. The van der Waals surface area contributed by atoms with Crippen molar-refractivity contribution in [1.29, 1.82) is 0 Å². The van der Waals surface area contributed by atoms with Gasteiger partial charge in [0.25, 0.3) is 0 Å². The second-order valence-corrected chi connectivity index (χ2v) is 7.02. The Kier molecular flexibility index (Phi) is 4.74. The number of ether oxygens (including phenoxy) is 1. The van der Waals surface area contributed by atoms with Crippen molar-refractivity contribution >= 4 is 0 Å². The Morgan fingerprint density at radius 2 is 2.05 bits per heavy atom. The third-order valence-electron chi connectivity index (χ3n) is 4.42. The highest BCUT2D eigenvalue weighted by Crippen LogP contribution is 2.50. The van der Waals surface area contributed by atoms with E-state index in [1.54, 1.807) is 7.11 Å². The molecule has 2 heteroatoms. The zero-order chi connectivity index (χ0) is 14.8. The highest BCUT2D eigenvalue weighted by Gasteiger charge is 2.44. The van der Waals surface area contributed by atoms with Crippen LogP contribution in [0.15, 0.2) is 18.2 Å².